The molecule has 0 unspecified atom stereocenters. The first-order valence-electron chi connectivity index (χ1n) is 15.9. The van der Waals surface area contributed by atoms with Crippen molar-refractivity contribution in [3.05, 3.63) is 139 Å². The molecule has 0 amide bonds. The van der Waals surface area contributed by atoms with Gasteiger partial charge in [0.25, 0.3) is 0 Å². The molecule has 0 radical (unpaired) electrons. The summed E-state index contributed by atoms with van der Waals surface area (Å²) < 4.78 is 4.66. The van der Waals surface area contributed by atoms with Gasteiger partial charge in [0.15, 0.2) is 5.65 Å². The molecule has 6 nitrogen and oxygen atoms in total. The van der Waals surface area contributed by atoms with E-state index in [-0.39, 0.29) is 0 Å². The number of hydrogen-bond acceptors (Lipinski definition) is 4. The number of aromatic nitrogens is 5. The molecule has 0 aliphatic carbocycles. The lowest BCUT2D eigenvalue weighted by Crippen LogP contribution is -2.04. The summed E-state index contributed by atoms with van der Waals surface area (Å²) in [6.07, 6.45) is 1.77. The minimum atomic E-state index is 0.538. The van der Waals surface area contributed by atoms with Crippen molar-refractivity contribution in [1.82, 2.24) is 23.9 Å². The summed E-state index contributed by atoms with van der Waals surface area (Å²) in [5, 5.41) is 20.0. The third-order valence-electron chi connectivity index (χ3n) is 9.91. The SMILES string of the molecule is N#Cc1cccc(-c2nc(-n3c4cc5c6ccccc6n6c7ccccc7c(c4c4ccc7ccccc7c43)c56)nc3ncccc23)c1. The molecule has 11 rings (SSSR count). The summed E-state index contributed by atoms with van der Waals surface area (Å²) in [6, 6.07) is 46.5. The van der Waals surface area contributed by atoms with Gasteiger partial charge in [-0.15, -0.1) is 0 Å². The highest BCUT2D eigenvalue weighted by atomic mass is 15.2. The van der Waals surface area contributed by atoms with Gasteiger partial charge in [-0.05, 0) is 47.9 Å². The molecule has 0 fully saturated rings. The maximum absolute atomic E-state index is 9.73. The maximum atomic E-state index is 9.73. The van der Waals surface area contributed by atoms with Crippen LogP contribution in [-0.4, -0.2) is 23.9 Å². The zero-order valence-corrected chi connectivity index (χ0v) is 25.4. The van der Waals surface area contributed by atoms with E-state index in [1.165, 1.54) is 43.5 Å². The molecule has 0 aliphatic rings. The Morgan fingerprint density at radius 2 is 1.31 bits per heavy atom. The van der Waals surface area contributed by atoms with Gasteiger partial charge in [0, 0.05) is 54.9 Å². The number of para-hydroxylation sites is 2. The molecule has 6 heteroatoms. The highest BCUT2D eigenvalue weighted by Crippen LogP contribution is 2.47. The molecule has 0 bridgehead atoms. The van der Waals surface area contributed by atoms with Gasteiger partial charge < -0.3 is 4.40 Å². The van der Waals surface area contributed by atoms with Crippen LogP contribution < -0.4 is 0 Å². The van der Waals surface area contributed by atoms with E-state index in [0.717, 1.165) is 43.8 Å². The van der Waals surface area contributed by atoms with Crippen molar-refractivity contribution in [2.24, 2.45) is 0 Å². The zero-order valence-electron chi connectivity index (χ0n) is 25.4. The number of fused-ring (bicyclic) bond motifs is 13. The topological polar surface area (TPSA) is 71.8 Å². The summed E-state index contributed by atoms with van der Waals surface area (Å²) in [5.74, 6) is 0.538. The van der Waals surface area contributed by atoms with Crippen LogP contribution in [0.3, 0.4) is 0 Å². The van der Waals surface area contributed by atoms with Crippen molar-refractivity contribution in [2.45, 2.75) is 0 Å². The van der Waals surface area contributed by atoms with Crippen molar-refractivity contribution in [3.8, 4) is 23.3 Å². The van der Waals surface area contributed by atoms with E-state index in [4.69, 9.17) is 15.0 Å². The van der Waals surface area contributed by atoms with Gasteiger partial charge in [0.1, 0.15) is 0 Å². The molecule has 6 aromatic carbocycles. The molecule has 5 heterocycles. The molecule has 220 valence electrons. The number of hydrogen-bond donors (Lipinski definition) is 0. The Morgan fingerprint density at radius 3 is 2.19 bits per heavy atom. The second kappa shape index (κ2) is 9.12. The first kappa shape index (κ1) is 25.4. The third kappa shape index (κ3) is 3.17. The second-order valence-corrected chi connectivity index (χ2v) is 12.4. The summed E-state index contributed by atoms with van der Waals surface area (Å²) in [6.45, 7) is 0. The fraction of sp³-hybridized carbons (Fsp3) is 0. The van der Waals surface area contributed by atoms with Crippen LogP contribution in [0.1, 0.15) is 5.56 Å². The lowest BCUT2D eigenvalue weighted by molar-refractivity contribution is 1.01. The van der Waals surface area contributed by atoms with E-state index < -0.39 is 0 Å². The van der Waals surface area contributed by atoms with Gasteiger partial charge in [0.2, 0.25) is 5.95 Å². The van der Waals surface area contributed by atoms with E-state index in [2.05, 4.69) is 106 Å². The second-order valence-electron chi connectivity index (χ2n) is 12.4. The van der Waals surface area contributed by atoms with E-state index in [9.17, 15) is 5.26 Å². The number of rotatable bonds is 2. The highest BCUT2D eigenvalue weighted by Gasteiger charge is 2.26. The van der Waals surface area contributed by atoms with Gasteiger partial charge >= 0.3 is 0 Å². The van der Waals surface area contributed by atoms with Crippen molar-refractivity contribution in [2.75, 3.05) is 0 Å². The lowest BCUT2D eigenvalue weighted by atomic mass is 10.0. The summed E-state index contributed by atoms with van der Waals surface area (Å²) in [5.41, 5.74) is 8.47. The molecule has 5 aromatic heterocycles. The number of nitrogens with zero attached hydrogens (tertiary/aromatic N) is 6. The van der Waals surface area contributed by atoms with Crippen LogP contribution in [0.25, 0.3) is 98.9 Å². The summed E-state index contributed by atoms with van der Waals surface area (Å²) in [7, 11) is 0. The van der Waals surface area contributed by atoms with Gasteiger partial charge in [-0.3, -0.25) is 4.57 Å². The number of nitriles is 1. The largest absolute Gasteiger partial charge is 0.308 e. The monoisotopic (exact) mass is 610 g/mol. The molecule has 0 saturated carbocycles. The average Bonchev–Trinajstić information content (AvgIpc) is 3.79. The van der Waals surface area contributed by atoms with E-state index in [0.29, 0.717) is 17.2 Å². The molecule has 48 heavy (non-hydrogen) atoms. The fourth-order valence-corrected chi connectivity index (χ4v) is 7.99. The molecule has 11 aromatic rings. The Hall–Kier alpha value is -6.84. The molecular weight excluding hydrogens is 589 g/mol. The van der Waals surface area contributed by atoms with E-state index in [1.807, 2.05) is 36.4 Å². The van der Waals surface area contributed by atoms with Gasteiger partial charge in [-0.2, -0.15) is 10.2 Å². The smallest absolute Gasteiger partial charge is 0.237 e. The van der Waals surface area contributed by atoms with Crippen LogP contribution in [0.5, 0.6) is 0 Å². The first-order valence-corrected chi connectivity index (χ1v) is 15.9. The Kier molecular flexibility index (Phi) is 4.82. The predicted molar refractivity (Wildman–Crippen MR) is 194 cm³/mol. The minimum absolute atomic E-state index is 0.538. The van der Waals surface area contributed by atoms with Crippen molar-refractivity contribution in [1.29, 1.82) is 5.26 Å². The van der Waals surface area contributed by atoms with Gasteiger partial charge in [-0.1, -0.05) is 84.9 Å². The quantitative estimate of drug-likeness (QED) is 0.195. The minimum Gasteiger partial charge on any atom is -0.308 e. The molecular formula is C42H22N6. The maximum Gasteiger partial charge on any atom is 0.237 e. The Balaban J connectivity index is 1.40. The van der Waals surface area contributed by atoms with Crippen LogP contribution in [0.4, 0.5) is 0 Å². The van der Waals surface area contributed by atoms with Crippen molar-refractivity contribution in [3.63, 3.8) is 0 Å². The standard InChI is InChI=1S/C42H22N6/c43-23-24-9-7-11-26(21-24)38-31-15-8-20-44-41(31)46-42(45-38)48-35-22-32-28-13-3-5-16-33(28)47-34-17-6-4-14-29(34)37(40(32)47)36(35)30-19-18-25-10-1-2-12-27(25)39(30)48/h1-22H. The van der Waals surface area contributed by atoms with Gasteiger partial charge in [-0.25, -0.2) is 9.97 Å². The van der Waals surface area contributed by atoms with Gasteiger partial charge in [0.05, 0.1) is 44.9 Å². The molecule has 0 saturated heterocycles. The molecule has 0 spiro atoms. The van der Waals surface area contributed by atoms with Crippen molar-refractivity contribution >= 4 is 81.7 Å². The highest BCUT2D eigenvalue weighted by molar-refractivity contribution is 6.37. The van der Waals surface area contributed by atoms with E-state index in [1.54, 1.807) is 6.20 Å². The Bertz CT molecular complexity index is 3200. The molecule has 0 aliphatic heterocycles. The van der Waals surface area contributed by atoms with Crippen LogP contribution in [0, 0.1) is 11.3 Å². The molecule has 0 N–H and O–H groups in total. The van der Waals surface area contributed by atoms with Crippen LogP contribution in [0.2, 0.25) is 0 Å². The normalized spacial score (nSPS) is 12.1. The van der Waals surface area contributed by atoms with Crippen LogP contribution >= 0.6 is 0 Å². The fourth-order valence-electron chi connectivity index (χ4n) is 7.99. The Morgan fingerprint density at radius 1 is 0.542 bits per heavy atom. The summed E-state index contributed by atoms with van der Waals surface area (Å²) in [4.78, 5) is 15.2. The van der Waals surface area contributed by atoms with Crippen LogP contribution in [-0.2, 0) is 0 Å². The Labute approximate surface area is 272 Å². The number of benzene rings is 6. The number of pyridine rings is 1. The summed E-state index contributed by atoms with van der Waals surface area (Å²) >= 11 is 0. The van der Waals surface area contributed by atoms with Crippen LogP contribution in [0.15, 0.2) is 134 Å². The lowest BCUT2D eigenvalue weighted by Gasteiger charge is -2.12. The van der Waals surface area contributed by atoms with Crippen molar-refractivity contribution < 1.29 is 0 Å². The zero-order chi connectivity index (χ0) is 31.5. The first-order chi connectivity index (χ1) is 23.8. The average molecular weight is 611 g/mol. The third-order valence-corrected chi connectivity index (χ3v) is 9.91. The predicted octanol–water partition coefficient (Wildman–Crippen LogP) is 9.96. The molecule has 0 atom stereocenters. The van der Waals surface area contributed by atoms with E-state index >= 15 is 0 Å².